The van der Waals surface area contributed by atoms with Crippen molar-refractivity contribution in [3.8, 4) is 21.1 Å². The van der Waals surface area contributed by atoms with Gasteiger partial charge < -0.3 is 9.80 Å². The van der Waals surface area contributed by atoms with E-state index in [2.05, 4.69) is 195 Å². The van der Waals surface area contributed by atoms with Gasteiger partial charge in [0, 0.05) is 33.3 Å². The molecule has 0 atom stereocenters. The molecule has 2 aliphatic heterocycles. The molecule has 6 heteroatoms. The monoisotopic (exact) mass is 758 g/mol. The maximum Gasteiger partial charge on any atom is 0.124 e. The quantitative estimate of drug-likeness (QED) is 0.179. The number of hydrogen-bond donors (Lipinski definition) is 0. The topological polar surface area (TPSA) is 32.3 Å². The molecular weight excluding hydrogens is 721 g/mol. The zero-order valence-electron chi connectivity index (χ0n) is 31.6. The van der Waals surface area contributed by atoms with Crippen LogP contribution in [0, 0.1) is 0 Å². The van der Waals surface area contributed by atoms with E-state index >= 15 is 0 Å². The lowest BCUT2D eigenvalue weighted by Gasteiger charge is -2.43. The van der Waals surface area contributed by atoms with Gasteiger partial charge in [-0.2, -0.15) is 0 Å². The van der Waals surface area contributed by atoms with Gasteiger partial charge in [0.1, 0.15) is 10.0 Å². The van der Waals surface area contributed by atoms with Crippen LogP contribution in [0.4, 0.5) is 34.1 Å². The first kappa shape index (κ1) is 33.3. The standard InChI is InChI=1S/C50H38N4S2/c1-49(2)35-13-5-9-17-41(35)53(43-27-21-31(29-37(43)49)47-51-39-15-7-11-19-45(39)55-47)33-23-25-34(26-24-33)54-42-18-10-6-14-36(42)50(3,4)38-30-32(22-28-44(38)54)48-52-40-16-8-12-20-46(40)56-48/h5-30H,1-4H3. The molecule has 56 heavy (non-hydrogen) atoms. The molecule has 4 nitrogen and oxygen atoms in total. The average molecular weight is 759 g/mol. The predicted octanol–water partition coefficient (Wildman–Crippen LogP) is 14.5. The fourth-order valence-electron chi connectivity index (χ4n) is 8.97. The summed E-state index contributed by atoms with van der Waals surface area (Å²) in [5.74, 6) is 0. The highest BCUT2D eigenvalue weighted by atomic mass is 32.1. The summed E-state index contributed by atoms with van der Waals surface area (Å²) in [6.45, 7) is 9.40. The Hall–Kier alpha value is -6.08. The summed E-state index contributed by atoms with van der Waals surface area (Å²) in [5, 5.41) is 2.11. The molecule has 2 aliphatic rings. The number of aromatic nitrogens is 2. The molecular formula is C50H38N4S2. The highest BCUT2D eigenvalue weighted by Crippen LogP contribution is 2.55. The van der Waals surface area contributed by atoms with Crippen LogP contribution >= 0.6 is 22.7 Å². The Morgan fingerprint density at radius 2 is 0.768 bits per heavy atom. The van der Waals surface area contributed by atoms with Crippen molar-refractivity contribution in [3.63, 3.8) is 0 Å². The molecule has 9 aromatic rings. The lowest BCUT2D eigenvalue weighted by atomic mass is 9.73. The van der Waals surface area contributed by atoms with E-state index in [0.717, 1.165) is 43.6 Å². The lowest BCUT2D eigenvalue weighted by Crippen LogP contribution is -2.31. The maximum atomic E-state index is 5.02. The minimum atomic E-state index is -0.201. The number of para-hydroxylation sites is 4. The molecule has 0 saturated carbocycles. The van der Waals surface area contributed by atoms with E-state index in [-0.39, 0.29) is 10.8 Å². The van der Waals surface area contributed by atoms with Crippen molar-refractivity contribution in [2.24, 2.45) is 0 Å². The summed E-state index contributed by atoms with van der Waals surface area (Å²) in [6, 6.07) is 57.5. The number of hydrogen-bond acceptors (Lipinski definition) is 6. The van der Waals surface area contributed by atoms with Crippen molar-refractivity contribution in [3.05, 3.63) is 180 Å². The van der Waals surface area contributed by atoms with Crippen molar-refractivity contribution in [1.29, 1.82) is 0 Å². The molecule has 11 rings (SSSR count). The van der Waals surface area contributed by atoms with Gasteiger partial charge in [-0.15, -0.1) is 22.7 Å². The van der Waals surface area contributed by atoms with E-state index in [1.807, 2.05) is 0 Å². The first-order chi connectivity index (χ1) is 27.3. The zero-order valence-corrected chi connectivity index (χ0v) is 33.2. The molecule has 0 unspecified atom stereocenters. The molecule has 270 valence electrons. The molecule has 2 aromatic heterocycles. The second-order valence-corrected chi connectivity index (χ2v) is 18.0. The second-order valence-electron chi connectivity index (χ2n) is 15.9. The second kappa shape index (κ2) is 12.2. The van der Waals surface area contributed by atoms with Crippen LogP contribution in [0.1, 0.15) is 49.9 Å². The zero-order chi connectivity index (χ0) is 37.8. The van der Waals surface area contributed by atoms with Crippen LogP contribution in [-0.2, 0) is 10.8 Å². The molecule has 0 radical (unpaired) electrons. The fraction of sp³-hybridized carbons (Fsp3) is 0.120. The number of benzene rings is 7. The highest BCUT2D eigenvalue weighted by Gasteiger charge is 2.39. The molecule has 0 saturated heterocycles. The summed E-state index contributed by atoms with van der Waals surface area (Å²) in [6.07, 6.45) is 0. The van der Waals surface area contributed by atoms with E-state index < -0.39 is 0 Å². The first-order valence-corrected chi connectivity index (χ1v) is 20.8. The summed E-state index contributed by atoms with van der Waals surface area (Å²) in [7, 11) is 0. The summed E-state index contributed by atoms with van der Waals surface area (Å²) < 4.78 is 2.42. The fourth-order valence-corrected chi connectivity index (χ4v) is 10.9. The molecule has 0 fully saturated rings. The molecule has 0 amide bonds. The van der Waals surface area contributed by atoms with Crippen molar-refractivity contribution in [2.75, 3.05) is 9.80 Å². The normalized spacial score (nSPS) is 15.0. The van der Waals surface area contributed by atoms with Crippen molar-refractivity contribution >= 4 is 77.2 Å². The van der Waals surface area contributed by atoms with Gasteiger partial charge in [-0.25, -0.2) is 9.97 Å². The first-order valence-electron chi connectivity index (χ1n) is 19.2. The molecule has 0 bridgehead atoms. The van der Waals surface area contributed by atoms with Crippen LogP contribution in [0.5, 0.6) is 0 Å². The van der Waals surface area contributed by atoms with Crippen LogP contribution in [0.2, 0.25) is 0 Å². The summed E-state index contributed by atoms with van der Waals surface area (Å²) in [4.78, 5) is 14.9. The van der Waals surface area contributed by atoms with Gasteiger partial charge in [0.2, 0.25) is 0 Å². The van der Waals surface area contributed by atoms with E-state index in [1.54, 1.807) is 22.7 Å². The van der Waals surface area contributed by atoms with Crippen LogP contribution in [-0.4, -0.2) is 9.97 Å². The van der Waals surface area contributed by atoms with Crippen molar-refractivity contribution in [1.82, 2.24) is 9.97 Å². The third-order valence-corrected chi connectivity index (χ3v) is 14.1. The molecule has 0 aliphatic carbocycles. The third-order valence-electron chi connectivity index (χ3n) is 11.9. The smallest absolute Gasteiger partial charge is 0.124 e. The lowest BCUT2D eigenvalue weighted by molar-refractivity contribution is 0.631. The van der Waals surface area contributed by atoms with Crippen LogP contribution in [0.15, 0.2) is 158 Å². The molecule has 0 spiro atoms. The average Bonchev–Trinajstić information content (AvgIpc) is 3.87. The SMILES string of the molecule is CC1(C)c2ccccc2N(c2ccc(N3c4ccccc4C(C)(C)c4cc(-c5nc6ccccc6s5)ccc43)cc2)c2ccc(-c3nc4ccccc4s3)cc21. The van der Waals surface area contributed by atoms with E-state index in [1.165, 1.54) is 54.4 Å². The highest BCUT2D eigenvalue weighted by molar-refractivity contribution is 7.22. The minimum absolute atomic E-state index is 0.201. The molecule has 7 aromatic carbocycles. The molecule has 0 N–H and O–H groups in total. The Morgan fingerprint density at radius 1 is 0.393 bits per heavy atom. The maximum absolute atomic E-state index is 5.02. The van der Waals surface area contributed by atoms with Gasteiger partial charge >= 0.3 is 0 Å². The number of rotatable bonds is 4. The Labute approximate surface area is 335 Å². The van der Waals surface area contributed by atoms with Gasteiger partial charge in [0.15, 0.2) is 0 Å². The summed E-state index contributed by atoms with van der Waals surface area (Å²) >= 11 is 3.51. The van der Waals surface area contributed by atoms with Gasteiger partial charge in [-0.1, -0.05) is 88.4 Å². The van der Waals surface area contributed by atoms with E-state index in [4.69, 9.17) is 9.97 Å². The Morgan fingerprint density at radius 3 is 1.20 bits per heavy atom. The largest absolute Gasteiger partial charge is 0.310 e. The number of anilines is 6. The Kier molecular flexibility index (Phi) is 7.25. The Balaban J connectivity index is 1.02. The van der Waals surface area contributed by atoms with Crippen molar-refractivity contribution in [2.45, 2.75) is 38.5 Å². The minimum Gasteiger partial charge on any atom is -0.310 e. The molecule has 4 heterocycles. The van der Waals surface area contributed by atoms with E-state index in [0.29, 0.717) is 0 Å². The van der Waals surface area contributed by atoms with Gasteiger partial charge in [-0.05, 0) is 119 Å². The van der Waals surface area contributed by atoms with Crippen molar-refractivity contribution < 1.29 is 0 Å². The third kappa shape index (κ3) is 4.95. The number of thiazole rings is 2. The predicted molar refractivity (Wildman–Crippen MR) is 237 cm³/mol. The number of fused-ring (bicyclic) bond motifs is 6. The number of nitrogens with zero attached hydrogens (tertiary/aromatic N) is 4. The van der Waals surface area contributed by atoms with Crippen LogP contribution in [0.3, 0.4) is 0 Å². The van der Waals surface area contributed by atoms with Crippen LogP contribution in [0.25, 0.3) is 41.6 Å². The van der Waals surface area contributed by atoms with Crippen LogP contribution < -0.4 is 9.80 Å². The Bertz CT molecular complexity index is 2740. The van der Waals surface area contributed by atoms with Gasteiger partial charge in [0.05, 0.1) is 43.2 Å². The summed E-state index contributed by atoms with van der Waals surface area (Å²) in [5.41, 5.74) is 16.3. The van der Waals surface area contributed by atoms with E-state index in [9.17, 15) is 0 Å². The van der Waals surface area contributed by atoms with Gasteiger partial charge in [0.25, 0.3) is 0 Å². The van der Waals surface area contributed by atoms with Gasteiger partial charge in [-0.3, -0.25) is 0 Å².